The lowest BCUT2D eigenvalue weighted by Crippen LogP contribution is -2.49. The van der Waals surface area contributed by atoms with Crippen molar-refractivity contribution in [1.29, 1.82) is 0 Å². The van der Waals surface area contributed by atoms with Crippen molar-refractivity contribution in [3.63, 3.8) is 0 Å². The molecule has 2 fully saturated rings. The van der Waals surface area contributed by atoms with Crippen molar-refractivity contribution in [2.45, 2.75) is 39.9 Å². The maximum atomic E-state index is 13.3. The molecule has 1 unspecified atom stereocenters. The van der Waals surface area contributed by atoms with Crippen LogP contribution in [0.1, 0.15) is 31.9 Å². The van der Waals surface area contributed by atoms with Crippen LogP contribution in [0.15, 0.2) is 42.5 Å². The first-order valence-corrected chi connectivity index (χ1v) is 12.5. The molecular formula is C27H36F3N5O3. The normalized spacial score (nSPS) is 19.1. The van der Waals surface area contributed by atoms with E-state index in [0.717, 1.165) is 38.3 Å². The van der Waals surface area contributed by atoms with Gasteiger partial charge in [-0.1, -0.05) is 32.0 Å². The first kappa shape index (κ1) is 29.2. The minimum absolute atomic E-state index is 0. The molecule has 0 bridgehead atoms. The summed E-state index contributed by atoms with van der Waals surface area (Å²) < 4.78 is 39.8. The zero-order valence-corrected chi connectivity index (χ0v) is 21.0. The van der Waals surface area contributed by atoms with Gasteiger partial charge in [-0.3, -0.25) is 19.8 Å². The van der Waals surface area contributed by atoms with E-state index in [4.69, 9.17) is 0 Å². The van der Waals surface area contributed by atoms with Gasteiger partial charge in [0.05, 0.1) is 4.92 Å². The van der Waals surface area contributed by atoms with E-state index in [1.54, 1.807) is 4.90 Å². The maximum Gasteiger partial charge on any atom is 0.423 e. The highest BCUT2D eigenvalue weighted by atomic mass is 19.4. The summed E-state index contributed by atoms with van der Waals surface area (Å²) in [5.74, 6) is -0.161. The molecule has 1 N–H and O–H groups in total. The van der Waals surface area contributed by atoms with Crippen molar-refractivity contribution in [1.82, 2.24) is 9.80 Å². The van der Waals surface area contributed by atoms with Gasteiger partial charge in [-0.15, -0.1) is 0 Å². The number of likely N-dealkylation sites (tertiary alicyclic amines) is 1. The van der Waals surface area contributed by atoms with Crippen molar-refractivity contribution >= 4 is 23.0 Å². The van der Waals surface area contributed by atoms with Crippen LogP contribution in [0.5, 0.6) is 0 Å². The Morgan fingerprint density at radius 2 is 1.76 bits per heavy atom. The minimum atomic E-state index is -4.83. The van der Waals surface area contributed by atoms with Gasteiger partial charge < -0.3 is 15.1 Å². The molecule has 8 nitrogen and oxygen atoms in total. The number of rotatable bonds is 7. The Hall–Kier alpha value is -3.34. The lowest BCUT2D eigenvalue weighted by Gasteiger charge is -2.37. The molecule has 4 rings (SSSR count). The predicted molar refractivity (Wildman–Crippen MR) is 142 cm³/mol. The molecule has 0 aliphatic carbocycles. The summed E-state index contributed by atoms with van der Waals surface area (Å²) in [7, 11) is 0. The predicted octanol–water partition coefficient (Wildman–Crippen LogP) is 5.03. The van der Waals surface area contributed by atoms with Crippen LogP contribution < -0.4 is 10.2 Å². The quantitative estimate of drug-likeness (QED) is 0.396. The number of carbonyl (C=O) groups excluding carboxylic acids is 1. The second kappa shape index (κ2) is 12.0. The summed E-state index contributed by atoms with van der Waals surface area (Å²) in [6.07, 6.45) is -4.25. The highest BCUT2D eigenvalue weighted by molar-refractivity contribution is 5.79. The van der Waals surface area contributed by atoms with Crippen molar-refractivity contribution in [3.05, 3.63) is 63.7 Å². The molecule has 38 heavy (non-hydrogen) atoms. The number of nitrogens with one attached hydrogen (secondary N) is 1. The Labute approximate surface area is 221 Å². The molecule has 2 aromatic carbocycles. The fraction of sp³-hybridized carbons (Fsp3) is 0.519. The fourth-order valence-corrected chi connectivity index (χ4v) is 5.05. The average Bonchev–Trinajstić information content (AvgIpc) is 3.32. The van der Waals surface area contributed by atoms with Gasteiger partial charge in [-0.05, 0) is 37.6 Å². The van der Waals surface area contributed by atoms with Gasteiger partial charge in [0, 0.05) is 75.2 Å². The second-order valence-corrected chi connectivity index (χ2v) is 9.93. The molecule has 0 saturated carbocycles. The Balaban J connectivity index is 0.00000400. The van der Waals surface area contributed by atoms with E-state index < -0.39 is 22.4 Å². The van der Waals surface area contributed by atoms with Crippen LogP contribution in [0.3, 0.4) is 0 Å². The topological polar surface area (TPSA) is 82.0 Å². The molecule has 11 heteroatoms. The maximum absolute atomic E-state index is 13.3. The van der Waals surface area contributed by atoms with E-state index in [1.807, 2.05) is 6.92 Å². The van der Waals surface area contributed by atoms with Gasteiger partial charge in [0.1, 0.15) is 5.56 Å². The highest BCUT2D eigenvalue weighted by Gasteiger charge is 2.39. The molecule has 2 aliphatic heterocycles. The van der Waals surface area contributed by atoms with Crippen LogP contribution in [-0.2, 0) is 11.0 Å². The van der Waals surface area contributed by atoms with Gasteiger partial charge >= 0.3 is 6.18 Å². The lowest BCUT2D eigenvalue weighted by atomic mass is 10.1. The van der Waals surface area contributed by atoms with Crippen molar-refractivity contribution in [2.75, 3.05) is 56.0 Å². The van der Waals surface area contributed by atoms with E-state index in [0.29, 0.717) is 26.1 Å². The zero-order chi connectivity index (χ0) is 26.7. The molecule has 0 radical (unpaired) electrons. The first-order valence-electron chi connectivity index (χ1n) is 12.5. The summed E-state index contributed by atoms with van der Waals surface area (Å²) in [6.45, 7) is 9.08. The number of nitro benzene ring substituents is 1. The zero-order valence-electron chi connectivity index (χ0n) is 21.0. The molecular weight excluding hydrogens is 499 g/mol. The number of nitrogens with zero attached hydrogens (tertiary/aromatic N) is 4. The molecule has 2 heterocycles. The molecule has 0 aromatic heterocycles. The summed E-state index contributed by atoms with van der Waals surface area (Å²) in [5, 5.41) is 14.0. The average molecular weight is 536 g/mol. The number of carbonyl (C=O) groups is 1. The fourth-order valence-electron chi connectivity index (χ4n) is 5.05. The van der Waals surface area contributed by atoms with Crippen molar-refractivity contribution < 1.29 is 22.9 Å². The van der Waals surface area contributed by atoms with Crippen LogP contribution in [0, 0.1) is 23.0 Å². The first-order chi connectivity index (χ1) is 17.5. The number of hydrogen-bond donors (Lipinski definition) is 1. The van der Waals surface area contributed by atoms with Gasteiger partial charge in [0.25, 0.3) is 5.69 Å². The Morgan fingerprint density at radius 1 is 1.11 bits per heavy atom. The molecule has 2 aliphatic rings. The van der Waals surface area contributed by atoms with Gasteiger partial charge in [-0.25, -0.2) is 0 Å². The number of anilines is 2. The number of alkyl halides is 3. The summed E-state index contributed by atoms with van der Waals surface area (Å²) >= 11 is 0. The number of benzene rings is 2. The summed E-state index contributed by atoms with van der Waals surface area (Å²) in [5.41, 5.74) is 0.323. The van der Waals surface area contributed by atoms with Crippen molar-refractivity contribution in [2.24, 2.45) is 5.92 Å². The van der Waals surface area contributed by atoms with Crippen molar-refractivity contribution in [3.8, 4) is 0 Å². The van der Waals surface area contributed by atoms with Crippen LogP contribution in [0.25, 0.3) is 0 Å². The SMILES string of the molecule is C.Cc1ccc(N2CCN(CC(C)C(=O)N3CC[C@H](Nc4ccc([N+](=O)[O-])c(C(F)(F)F)c4)C3)CC2)cc1. The number of amides is 1. The lowest BCUT2D eigenvalue weighted by molar-refractivity contribution is -0.388. The standard InChI is InChI=1S/C26H32F3N5O3.CH4/c1-18-3-6-22(7-4-18)32-13-11-31(12-14-32)16-19(2)25(35)33-10-9-21(17-33)30-20-5-8-24(34(36)37)23(15-20)26(27,28)29;/h3-8,15,19,21,30H,9-14,16-17H2,1-2H3;1H4/t19?,21-;/m0./s1. The Kier molecular flexibility index (Phi) is 9.24. The smallest absolute Gasteiger partial charge is 0.380 e. The minimum Gasteiger partial charge on any atom is -0.380 e. The van der Waals surface area contributed by atoms with Gasteiger partial charge in [-0.2, -0.15) is 13.2 Å². The number of nitro groups is 1. The Bertz CT molecular complexity index is 1120. The molecule has 2 aromatic rings. The number of halogens is 3. The third kappa shape index (κ3) is 6.94. The summed E-state index contributed by atoms with van der Waals surface area (Å²) in [4.78, 5) is 29.4. The van der Waals surface area contributed by atoms with E-state index in [2.05, 4.69) is 46.3 Å². The highest BCUT2D eigenvalue weighted by Crippen LogP contribution is 2.38. The van der Waals surface area contributed by atoms with E-state index in [9.17, 15) is 28.1 Å². The third-order valence-electron chi connectivity index (χ3n) is 7.09. The van der Waals surface area contributed by atoms with Gasteiger partial charge in [0.15, 0.2) is 0 Å². The number of hydrogen-bond acceptors (Lipinski definition) is 6. The van der Waals surface area contributed by atoms with Crippen LogP contribution in [0.2, 0.25) is 0 Å². The van der Waals surface area contributed by atoms with E-state index >= 15 is 0 Å². The second-order valence-electron chi connectivity index (χ2n) is 9.93. The molecule has 2 saturated heterocycles. The van der Waals surface area contributed by atoms with E-state index in [-0.39, 0.29) is 31.0 Å². The van der Waals surface area contributed by atoms with E-state index in [1.165, 1.54) is 17.3 Å². The number of aryl methyl sites for hydroxylation is 1. The molecule has 208 valence electrons. The Morgan fingerprint density at radius 3 is 2.37 bits per heavy atom. The molecule has 1 amide bonds. The third-order valence-corrected chi connectivity index (χ3v) is 7.09. The van der Waals surface area contributed by atoms with Crippen LogP contribution >= 0.6 is 0 Å². The summed E-state index contributed by atoms with van der Waals surface area (Å²) in [6, 6.07) is 11.2. The number of piperazine rings is 1. The largest absolute Gasteiger partial charge is 0.423 e. The monoisotopic (exact) mass is 535 g/mol. The van der Waals surface area contributed by atoms with Crippen LogP contribution in [0.4, 0.5) is 30.2 Å². The molecule has 2 atom stereocenters. The van der Waals surface area contributed by atoms with Crippen LogP contribution in [-0.4, -0.2) is 72.5 Å². The molecule has 0 spiro atoms. The van der Waals surface area contributed by atoms with Gasteiger partial charge in [0.2, 0.25) is 5.91 Å².